The number of amides is 1. The van der Waals surface area contributed by atoms with E-state index >= 15 is 0 Å². The quantitative estimate of drug-likeness (QED) is 0.500. The van der Waals surface area contributed by atoms with Crippen molar-refractivity contribution in [3.63, 3.8) is 0 Å². The van der Waals surface area contributed by atoms with Crippen molar-refractivity contribution in [2.45, 2.75) is 32.2 Å². The summed E-state index contributed by atoms with van der Waals surface area (Å²) >= 11 is 1.63. The number of hydrogen-bond donors (Lipinski definition) is 2. The van der Waals surface area contributed by atoms with Crippen molar-refractivity contribution in [2.24, 2.45) is 10.9 Å². The molecule has 0 spiro atoms. The number of thiophene rings is 1. The minimum absolute atomic E-state index is 0.00385. The summed E-state index contributed by atoms with van der Waals surface area (Å²) in [5.74, 6) is 0.764. The number of sulfone groups is 1. The Balaban J connectivity index is 1.31. The van der Waals surface area contributed by atoms with Gasteiger partial charge in [-0.1, -0.05) is 6.07 Å². The highest BCUT2D eigenvalue weighted by Crippen LogP contribution is 2.40. The largest absolute Gasteiger partial charge is 0.356 e. The maximum Gasteiger partial charge on any atom is 0.223 e. The second-order valence-electron chi connectivity index (χ2n) is 8.63. The topological polar surface area (TPSA) is 113 Å². The van der Waals surface area contributed by atoms with Crippen LogP contribution < -0.4 is 10.6 Å². The lowest BCUT2D eigenvalue weighted by Gasteiger charge is -2.22. The van der Waals surface area contributed by atoms with Crippen molar-refractivity contribution in [3.8, 4) is 0 Å². The first kappa shape index (κ1) is 22.0. The Kier molecular flexibility index (Phi) is 5.88. The fraction of sp³-hybridized carbons (Fsp3) is 0.391. The average molecular weight is 484 g/mol. The van der Waals surface area contributed by atoms with Crippen LogP contribution >= 0.6 is 11.3 Å². The summed E-state index contributed by atoms with van der Waals surface area (Å²) < 4.78 is 22.5. The molecule has 1 aliphatic carbocycles. The molecule has 3 heterocycles. The summed E-state index contributed by atoms with van der Waals surface area (Å²) in [5.41, 5.74) is 4.54. The van der Waals surface area contributed by atoms with E-state index in [4.69, 9.17) is 0 Å². The van der Waals surface area contributed by atoms with E-state index in [-0.39, 0.29) is 17.6 Å². The third kappa shape index (κ3) is 4.77. The lowest BCUT2D eigenvalue weighted by Crippen LogP contribution is -2.34. The van der Waals surface area contributed by atoms with Gasteiger partial charge in [0.1, 0.15) is 26.8 Å². The van der Waals surface area contributed by atoms with Gasteiger partial charge in [0.15, 0.2) is 0 Å². The number of aryl methyl sites for hydroxylation is 1. The predicted octanol–water partition coefficient (Wildman–Crippen LogP) is 3.02. The molecule has 2 aliphatic rings. The molecule has 1 aromatic carbocycles. The maximum absolute atomic E-state index is 12.6. The second-order valence-corrected chi connectivity index (χ2v) is 12.0. The van der Waals surface area contributed by atoms with Gasteiger partial charge in [0, 0.05) is 35.5 Å². The van der Waals surface area contributed by atoms with E-state index < -0.39 is 9.84 Å². The van der Waals surface area contributed by atoms with Gasteiger partial charge in [-0.15, -0.1) is 11.3 Å². The molecular formula is C23H25N5O3S2. The predicted molar refractivity (Wildman–Crippen MR) is 131 cm³/mol. The Morgan fingerprint density at radius 3 is 3.00 bits per heavy atom. The van der Waals surface area contributed by atoms with Crippen molar-refractivity contribution in [2.75, 3.05) is 23.9 Å². The maximum atomic E-state index is 12.6. The summed E-state index contributed by atoms with van der Waals surface area (Å²) in [7, 11) is -3.01. The molecule has 0 fully saturated rings. The first-order valence-corrected chi connectivity index (χ1v) is 13.9. The molecule has 172 valence electrons. The highest BCUT2D eigenvalue weighted by atomic mass is 32.2. The van der Waals surface area contributed by atoms with Gasteiger partial charge in [0.05, 0.1) is 17.7 Å². The smallest absolute Gasteiger partial charge is 0.223 e. The molecule has 3 aromatic rings. The zero-order valence-corrected chi connectivity index (χ0v) is 19.9. The number of anilines is 2. The third-order valence-corrected chi connectivity index (χ3v) is 8.30. The van der Waals surface area contributed by atoms with E-state index in [1.54, 1.807) is 17.7 Å². The van der Waals surface area contributed by atoms with Crippen molar-refractivity contribution >= 4 is 55.0 Å². The summed E-state index contributed by atoms with van der Waals surface area (Å²) in [4.78, 5) is 28.1. The fourth-order valence-corrected chi connectivity index (χ4v) is 6.37. The lowest BCUT2D eigenvalue weighted by molar-refractivity contribution is -0.125. The van der Waals surface area contributed by atoms with E-state index in [9.17, 15) is 13.2 Å². The van der Waals surface area contributed by atoms with E-state index in [0.29, 0.717) is 19.4 Å². The molecule has 1 unspecified atom stereocenters. The van der Waals surface area contributed by atoms with Gasteiger partial charge in [0.2, 0.25) is 5.91 Å². The zero-order chi connectivity index (χ0) is 23.0. The number of carbonyl (C=O) groups is 1. The van der Waals surface area contributed by atoms with Crippen molar-refractivity contribution in [1.29, 1.82) is 0 Å². The van der Waals surface area contributed by atoms with Crippen LogP contribution in [0.15, 0.2) is 29.5 Å². The van der Waals surface area contributed by atoms with Crippen LogP contribution in [0.2, 0.25) is 0 Å². The summed E-state index contributed by atoms with van der Waals surface area (Å²) in [6.45, 7) is 1.12. The van der Waals surface area contributed by atoms with Gasteiger partial charge in [0.25, 0.3) is 0 Å². The number of carbonyl (C=O) groups excluding carboxylic acids is 1. The molecule has 0 saturated carbocycles. The molecule has 8 nitrogen and oxygen atoms in total. The fourth-order valence-electron chi connectivity index (χ4n) is 4.44. The number of fused-ring (bicyclic) bond motifs is 4. The van der Waals surface area contributed by atoms with Crippen LogP contribution in [-0.2, 0) is 34.0 Å². The number of nitrogens with one attached hydrogen (secondary N) is 2. The Morgan fingerprint density at radius 1 is 1.27 bits per heavy atom. The van der Waals surface area contributed by atoms with E-state index in [2.05, 4.69) is 37.7 Å². The SMILES string of the molecule is CS(=O)(=O)CCCNC(=O)C1CCc2c(sc3ncnc(Nc4ccc5c(c4)C=NC5)c23)C1. The van der Waals surface area contributed by atoms with E-state index in [1.807, 2.05) is 12.3 Å². The van der Waals surface area contributed by atoms with Crippen LogP contribution in [0.3, 0.4) is 0 Å². The molecule has 2 N–H and O–H groups in total. The van der Waals surface area contributed by atoms with Crippen LogP contribution in [0, 0.1) is 5.92 Å². The van der Waals surface area contributed by atoms with Crippen molar-refractivity contribution in [3.05, 3.63) is 46.1 Å². The highest BCUT2D eigenvalue weighted by Gasteiger charge is 2.29. The first-order chi connectivity index (χ1) is 15.9. The molecule has 5 rings (SSSR count). The van der Waals surface area contributed by atoms with Crippen LogP contribution in [0.1, 0.15) is 34.4 Å². The van der Waals surface area contributed by atoms with Gasteiger partial charge < -0.3 is 10.6 Å². The number of aliphatic imine (C=N–C) groups is 1. The van der Waals surface area contributed by atoms with E-state index in [1.165, 1.54) is 22.3 Å². The van der Waals surface area contributed by atoms with Gasteiger partial charge in [-0.3, -0.25) is 9.79 Å². The van der Waals surface area contributed by atoms with Crippen molar-refractivity contribution < 1.29 is 13.2 Å². The number of benzene rings is 1. The Hall–Kier alpha value is -2.85. The molecule has 1 amide bonds. The Labute approximate surface area is 196 Å². The molecule has 10 heteroatoms. The standard InChI is InChI=1S/C23H25N5O3S2/c1-33(30,31)8-2-7-25-22(29)14-4-6-18-19(10-14)32-23-20(18)21(26-13-27-23)28-17-5-3-15-11-24-12-16(15)9-17/h3,5,9,12-14H,2,4,6-8,10-11H2,1H3,(H,25,29)(H,26,27,28). The average Bonchev–Trinajstić information content (AvgIpc) is 3.39. The first-order valence-electron chi connectivity index (χ1n) is 11.0. The summed E-state index contributed by atoms with van der Waals surface area (Å²) in [5, 5.41) is 7.40. The van der Waals surface area contributed by atoms with Gasteiger partial charge >= 0.3 is 0 Å². The van der Waals surface area contributed by atoms with Gasteiger partial charge in [-0.05, 0) is 54.5 Å². The highest BCUT2D eigenvalue weighted by molar-refractivity contribution is 7.90. The van der Waals surface area contributed by atoms with Crippen molar-refractivity contribution in [1.82, 2.24) is 15.3 Å². The molecule has 1 aliphatic heterocycles. The monoisotopic (exact) mass is 483 g/mol. The summed E-state index contributed by atoms with van der Waals surface area (Å²) in [6, 6.07) is 6.22. The molecule has 1 atom stereocenters. The van der Waals surface area contributed by atoms with Crippen LogP contribution in [-0.4, -0.2) is 49.1 Å². The minimum atomic E-state index is -3.01. The third-order valence-electron chi connectivity index (χ3n) is 6.11. The molecule has 33 heavy (non-hydrogen) atoms. The van der Waals surface area contributed by atoms with Gasteiger partial charge in [-0.2, -0.15) is 0 Å². The van der Waals surface area contributed by atoms with Crippen LogP contribution in [0.25, 0.3) is 10.2 Å². The normalized spacial score (nSPS) is 17.1. The zero-order valence-electron chi connectivity index (χ0n) is 18.3. The number of nitrogens with zero attached hydrogens (tertiary/aromatic N) is 3. The molecule has 0 saturated heterocycles. The number of aromatic nitrogens is 2. The van der Waals surface area contributed by atoms with Crippen LogP contribution in [0.5, 0.6) is 0 Å². The Bertz CT molecular complexity index is 1360. The van der Waals surface area contributed by atoms with Crippen LogP contribution in [0.4, 0.5) is 11.5 Å². The summed E-state index contributed by atoms with van der Waals surface area (Å²) in [6.07, 6.45) is 7.33. The minimum Gasteiger partial charge on any atom is -0.356 e. The lowest BCUT2D eigenvalue weighted by atomic mass is 9.87. The molecule has 0 bridgehead atoms. The molecule has 0 radical (unpaired) electrons. The molecule has 2 aromatic heterocycles. The van der Waals surface area contributed by atoms with E-state index in [0.717, 1.165) is 46.7 Å². The number of hydrogen-bond acceptors (Lipinski definition) is 8. The number of rotatable bonds is 7. The Morgan fingerprint density at radius 2 is 2.15 bits per heavy atom. The molecular weight excluding hydrogens is 458 g/mol. The van der Waals surface area contributed by atoms with Gasteiger partial charge in [-0.25, -0.2) is 18.4 Å². The second kappa shape index (κ2) is 8.83.